The van der Waals surface area contributed by atoms with Crippen molar-refractivity contribution in [3.05, 3.63) is 77.5 Å². The van der Waals surface area contributed by atoms with Crippen LogP contribution in [0, 0.1) is 0 Å². The number of thiophene rings is 1. The van der Waals surface area contributed by atoms with Crippen molar-refractivity contribution in [2.45, 2.75) is 12.8 Å². The number of aromatic nitrogens is 1. The van der Waals surface area contributed by atoms with Gasteiger partial charge in [-0.2, -0.15) is 0 Å². The fourth-order valence-corrected chi connectivity index (χ4v) is 3.29. The molecule has 0 radical (unpaired) electrons. The van der Waals surface area contributed by atoms with Crippen molar-refractivity contribution >= 4 is 17.2 Å². The first-order valence-electron chi connectivity index (χ1n) is 7.62. The molecule has 0 saturated carbocycles. The van der Waals surface area contributed by atoms with Crippen molar-refractivity contribution < 1.29 is 4.79 Å². The van der Waals surface area contributed by atoms with Crippen molar-refractivity contribution in [1.29, 1.82) is 0 Å². The number of hydrogen-bond donors (Lipinski definition) is 1. The summed E-state index contributed by atoms with van der Waals surface area (Å²) in [5.74, 6) is -0.00406. The minimum absolute atomic E-state index is 0.00406. The summed E-state index contributed by atoms with van der Waals surface area (Å²) in [5.41, 5.74) is 2.42. The zero-order valence-electron chi connectivity index (χ0n) is 12.7. The summed E-state index contributed by atoms with van der Waals surface area (Å²) in [7, 11) is 0. The number of amides is 1. The predicted molar refractivity (Wildman–Crippen MR) is 95.5 cm³/mol. The van der Waals surface area contributed by atoms with E-state index in [2.05, 4.69) is 22.5 Å². The Kier molecular flexibility index (Phi) is 5.17. The van der Waals surface area contributed by atoms with Gasteiger partial charge in [0.25, 0.3) is 5.91 Å². The van der Waals surface area contributed by atoms with Gasteiger partial charge in [-0.25, -0.2) is 0 Å². The third kappa shape index (κ3) is 4.27. The summed E-state index contributed by atoms with van der Waals surface area (Å²) >= 11 is 1.51. The summed E-state index contributed by atoms with van der Waals surface area (Å²) in [6.45, 7) is 0.662. The van der Waals surface area contributed by atoms with Crippen LogP contribution in [-0.4, -0.2) is 17.4 Å². The van der Waals surface area contributed by atoms with Gasteiger partial charge in [-0.15, -0.1) is 11.3 Å². The lowest BCUT2D eigenvalue weighted by Crippen LogP contribution is -2.23. The van der Waals surface area contributed by atoms with E-state index in [-0.39, 0.29) is 5.91 Å². The van der Waals surface area contributed by atoms with Gasteiger partial charge >= 0.3 is 0 Å². The molecule has 1 aliphatic carbocycles. The van der Waals surface area contributed by atoms with E-state index in [1.165, 1.54) is 16.9 Å². The van der Waals surface area contributed by atoms with Crippen LogP contribution in [0.25, 0.3) is 10.4 Å². The molecule has 1 aliphatic rings. The van der Waals surface area contributed by atoms with Gasteiger partial charge in [-0.05, 0) is 42.7 Å². The average Bonchev–Trinajstić information content (AvgIpc) is 2.94. The number of hydrogen-bond acceptors (Lipinski definition) is 3. The number of carbonyl (C=O) groups is 1. The van der Waals surface area contributed by atoms with E-state index < -0.39 is 0 Å². The Balaban J connectivity index is 1.55. The van der Waals surface area contributed by atoms with Crippen LogP contribution in [0.15, 0.2) is 72.6 Å². The molecule has 0 aliphatic heterocycles. The Labute approximate surface area is 140 Å². The maximum absolute atomic E-state index is 12.2. The zero-order valence-corrected chi connectivity index (χ0v) is 13.6. The minimum atomic E-state index is -0.00406. The third-order valence-corrected chi connectivity index (χ3v) is 4.73. The second kappa shape index (κ2) is 7.70. The van der Waals surface area contributed by atoms with Gasteiger partial charge in [-0.3, -0.25) is 9.78 Å². The molecule has 1 N–H and O–H groups in total. The van der Waals surface area contributed by atoms with Crippen LogP contribution >= 0.6 is 11.3 Å². The van der Waals surface area contributed by atoms with Crippen LogP contribution in [0.3, 0.4) is 0 Å². The molecule has 0 saturated heterocycles. The van der Waals surface area contributed by atoms with E-state index in [0.717, 1.165) is 28.2 Å². The molecule has 116 valence electrons. The molecule has 0 spiro atoms. The molecule has 2 aromatic rings. The van der Waals surface area contributed by atoms with Gasteiger partial charge in [-0.1, -0.05) is 36.0 Å². The summed E-state index contributed by atoms with van der Waals surface area (Å²) < 4.78 is 0. The highest BCUT2D eigenvalue weighted by Gasteiger charge is 2.10. The Bertz CT molecular complexity index is 757. The van der Waals surface area contributed by atoms with E-state index in [4.69, 9.17) is 0 Å². The molecule has 2 aromatic heterocycles. The molecule has 4 heteroatoms. The summed E-state index contributed by atoms with van der Waals surface area (Å²) in [4.78, 5) is 18.1. The lowest BCUT2D eigenvalue weighted by atomic mass is 10.1. The van der Waals surface area contributed by atoms with E-state index in [0.29, 0.717) is 6.54 Å². The molecular formula is C19H18N2OS. The van der Waals surface area contributed by atoms with Crippen LogP contribution in [0.2, 0.25) is 0 Å². The Morgan fingerprint density at radius 1 is 1.13 bits per heavy atom. The van der Waals surface area contributed by atoms with Gasteiger partial charge < -0.3 is 5.32 Å². The number of pyridine rings is 1. The Hall–Kier alpha value is -2.46. The second-order valence-electron chi connectivity index (χ2n) is 5.25. The van der Waals surface area contributed by atoms with Crippen molar-refractivity contribution in [2.75, 3.05) is 6.54 Å². The zero-order chi connectivity index (χ0) is 15.9. The van der Waals surface area contributed by atoms with Gasteiger partial charge in [0.2, 0.25) is 0 Å². The van der Waals surface area contributed by atoms with Crippen LogP contribution in [0.4, 0.5) is 0 Å². The van der Waals surface area contributed by atoms with Gasteiger partial charge in [0.05, 0.1) is 4.88 Å². The molecule has 0 aromatic carbocycles. The fraction of sp³-hybridized carbons (Fsp3) is 0.158. The number of nitrogens with zero attached hydrogens (tertiary/aromatic N) is 1. The molecule has 0 unspecified atom stereocenters. The highest BCUT2D eigenvalue weighted by Crippen LogP contribution is 2.27. The van der Waals surface area contributed by atoms with Crippen molar-refractivity contribution in [2.24, 2.45) is 0 Å². The molecule has 2 heterocycles. The van der Waals surface area contributed by atoms with E-state index in [1.807, 2.05) is 42.5 Å². The third-order valence-electron chi connectivity index (χ3n) is 3.60. The van der Waals surface area contributed by atoms with Crippen molar-refractivity contribution in [1.82, 2.24) is 10.3 Å². The molecule has 3 nitrogen and oxygen atoms in total. The SMILES string of the molecule is O=C(NCCC1=CC=CC=CC1)c1ccc(-c2ccncc2)s1. The van der Waals surface area contributed by atoms with Crippen molar-refractivity contribution in [3.63, 3.8) is 0 Å². The quantitative estimate of drug-likeness (QED) is 0.888. The molecular weight excluding hydrogens is 304 g/mol. The van der Waals surface area contributed by atoms with Crippen LogP contribution in [0.1, 0.15) is 22.5 Å². The average molecular weight is 322 g/mol. The molecule has 0 bridgehead atoms. The lowest BCUT2D eigenvalue weighted by Gasteiger charge is -2.05. The second-order valence-corrected chi connectivity index (χ2v) is 6.33. The maximum atomic E-state index is 12.2. The molecule has 23 heavy (non-hydrogen) atoms. The molecule has 3 rings (SSSR count). The standard InChI is InChI=1S/C19H18N2OS/c22-19(21-14-9-15-5-3-1-2-4-6-15)18-8-7-17(23-18)16-10-12-20-13-11-16/h1-5,7-8,10-13H,6,9,14H2,(H,21,22). The van der Waals surface area contributed by atoms with E-state index >= 15 is 0 Å². The molecule has 1 amide bonds. The summed E-state index contributed by atoms with van der Waals surface area (Å²) in [6.07, 6.45) is 15.7. The monoisotopic (exact) mass is 322 g/mol. The number of carbonyl (C=O) groups excluding carboxylic acids is 1. The van der Waals surface area contributed by atoms with Crippen LogP contribution in [0.5, 0.6) is 0 Å². The van der Waals surface area contributed by atoms with Gasteiger partial charge in [0, 0.05) is 23.8 Å². The Morgan fingerprint density at radius 2 is 2.00 bits per heavy atom. The molecule has 0 fully saturated rings. The first kappa shape index (κ1) is 15.4. The van der Waals surface area contributed by atoms with E-state index in [9.17, 15) is 4.79 Å². The minimum Gasteiger partial charge on any atom is -0.351 e. The van der Waals surface area contributed by atoms with Crippen LogP contribution in [-0.2, 0) is 0 Å². The smallest absolute Gasteiger partial charge is 0.261 e. The maximum Gasteiger partial charge on any atom is 0.261 e. The first-order valence-corrected chi connectivity index (χ1v) is 8.44. The largest absolute Gasteiger partial charge is 0.351 e. The number of nitrogens with one attached hydrogen (secondary N) is 1. The number of allylic oxidation sites excluding steroid dienone is 5. The summed E-state index contributed by atoms with van der Waals surface area (Å²) in [5, 5.41) is 3.00. The van der Waals surface area contributed by atoms with Crippen molar-refractivity contribution in [3.8, 4) is 10.4 Å². The Morgan fingerprint density at radius 3 is 2.87 bits per heavy atom. The normalized spacial score (nSPS) is 13.5. The highest BCUT2D eigenvalue weighted by molar-refractivity contribution is 7.17. The summed E-state index contributed by atoms with van der Waals surface area (Å²) in [6, 6.07) is 7.77. The predicted octanol–water partition coefficient (Wildman–Crippen LogP) is 4.37. The van der Waals surface area contributed by atoms with Gasteiger partial charge in [0.15, 0.2) is 0 Å². The lowest BCUT2D eigenvalue weighted by molar-refractivity contribution is 0.0958. The highest BCUT2D eigenvalue weighted by atomic mass is 32.1. The first-order chi connectivity index (χ1) is 11.3. The van der Waals surface area contributed by atoms with Gasteiger partial charge in [0.1, 0.15) is 0 Å². The fourth-order valence-electron chi connectivity index (χ4n) is 2.36. The topological polar surface area (TPSA) is 42.0 Å². The van der Waals surface area contributed by atoms with E-state index in [1.54, 1.807) is 12.4 Å². The molecule has 0 atom stereocenters. The van der Waals surface area contributed by atoms with Crippen LogP contribution < -0.4 is 5.32 Å². The number of rotatable bonds is 5.